The number of allylic oxidation sites excluding steroid dienone is 3. The Balaban J connectivity index is 5.08. The van der Waals surface area contributed by atoms with Gasteiger partial charge >= 0.3 is 5.97 Å². The summed E-state index contributed by atoms with van der Waals surface area (Å²) < 4.78 is 30.4. The van der Waals surface area contributed by atoms with E-state index < -0.39 is 20.0 Å². The maximum absolute atomic E-state index is 13.6. The van der Waals surface area contributed by atoms with E-state index in [1.165, 1.54) is 250 Å². The molecule has 1 amide bonds. The number of esters is 1. The molecule has 3 unspecified atom stereocenters. The minimum Gasteiger partial charge on any atom is -0.756 e. The van der Waals surface area contributed by atoms with Crippen LogP contribution in [0.1, 0.15) is 342 Å². The Bertz CT molecular complexity index is 1370. The summed E-state index contributed by atoms with van der Waals surface area (Å²) in [6, 6.07) is -0.883. The SMILES string of the molecule is CCCCCCCC/C=C/CCCCCCCCCCCC(=O)OC(/C=C/CCCCCCCCCCC)C(COP(=O)([O-])OCC[N+](C)(C)C)NC(=O)CCCCCCCCCCCCCCCCCCCCCCC. The Labute approximate surface area is 479 Å². The highest BCUT2D eigenvalue weighted by Crippen LogP contribution is 2.38. The molecule has 0 heterocycles. The molecule has 0 spiro atoms. The number of phosphoric ester groups is 1. The van der Waals surface area contributed by atoms with Crippen LogP contribution in [-0.4, -0.2) is 69.4 Å². The fourth-order valence-electron chi connectivity index (χ4n) is 10.2. The fraction of sp³-hybridized carbons (Fsp3) is 0.910. The molecule has 0 aromatic heterocycles. The van der Waals surface area contributed by atoms with Gasteiger partial charge in [-0.1, -0.05) is 296 Å². The molecule has 0 rings (SSSR count). The van der Waals surface area contributed by atoms with Crippen LogP contribution >= 0.6 is 7.82 Å². The number of ether oxygens (including phenoxy) is 1. The zero-order valence-electron chi connectivity index (χ0n) is 52.2. The van der Waals surface area contributed by atoms with Gasteiger partial charge < -0.3 is 28.5 Å². The average Bonchev–Trinajstić information content (AvgIpc) is 3.39. The van der Waals surface area contributed by atoms with Gasteiger partial charge in [-0.05, 0) is 57.4 Å². The van der Waals surface area contributed by atoms with Gasteiger partial charge in [0.25, 0.3) is 7.82 Å². The van der Waals surface area contributed by atoms with E-state index in [2.05, 4.69) is 38.2 Å². The molecule has 3 atom stereocenters. The molecular weight excluding hydrogens is 976 g/mol. The van der Waals surface area contributed by atoms with E-state index in [1.54, 1.807) is 0 Å². The number of phosphoric acid groups is 1. The first-order chi connectivity index (χ1) is 37.4. The molecule has 0 saturated carbocycles. The fourth-order valence-corrected chi connectivity index (χ4v) is 10.9. The molecule has 0 aliphatic heterocycles. The molecule has 0 bridgehead atoms. The van der Waals surface area contributed by atoms with Crippen LogP contribution in [0.4, 0.5) is 0 Å². The van der Waals surface area contributed by atoms with Crippen molar-refractivity contribution < 1.29 is 37.3 Å². The highest BCUT2D eigenvalue weighted by molar-refractivity contribution is 7.45. The van der Waals surface area contributed by atoms with Gasteiger partial charge in [0, 0.05) is 12.8 Å². The summed E-state index contributed by atoms with van der Waals surface area (Å²) >= 11 is 0. The van der Waals surface area contributed by atoms with Crippen molar-refractivity contribution in [1.29, 1.82) is 0 Å². The zero-order valence-corrected chi connectivity index (χ0v) is 53.1. The third-order valence-electron chi connectivity index (χ3n) is 15.4. The van der Waals surface area contributed by atoms with Crippen LogP contribution in [0.15, 0.2) is 24.3 Å². The second-order valence-electron chi connectivity index (χ2n) is 24.3. The first-order valence-corrected chi connectivity index (χ1v) is 35.1. The number of quaternary nitrogens is 1. The van der Waals surface area contributed by atoms with Gasteiger partial charge in [-0.15, -0.1) is 0 Å². The van der Waals surface area contributed by atoms with Gasteiger partial charge in [-0.2, -0.15) is 0 Å². The highest BCUT2D eigenvalue weighted by atomic mass is 31.2. The molecule has 0 fully saturated rings. The lowest BCUT2D eigenvalue weighted by Gasteiger charge is -2.30. The van der Waals surface area contributed by atoms with Crippen LogP contribution in [0.25, 0.3) is 0 Å². The number of carbonyl (C=O) groups is 2. The molecule has 0 aromatic carbocycles. The minimum absolute atomic E-state index is 0.0188. The molecule has 9 nitrogen and oxygen atoms in total. The van der Waals surface area contributed by atoms with E-state index in [-0.39, 0.29) is 31.5 Å². The van der Waals surface area contributed by atoms with Crippen LogP contribution in [0.5, 0.6) is 0 Å². The lowest BCUT2D eigenvalue weighted by Crippen LogP contribution is -2.47. The van der Waals surface area contributed by atoms with E-state index in [0.717, 1.165) is 57.8 Å². The van der Waals surface area contributed by atoms with E-state index in [4.69, 9.17) is 13.8 Å². The zero-order chi connectivity index (χ0) is 56.4. The number of hydrogen-bond donors (Lipinski definition) is 1. The molecule has 0 radical (unpaired) electrons. The van der Waals surface area contributed by atoms with Crippen molar-refractivity contribution in [2.45, 2.75) is 354 Å². The highest BCUT2D eigenvalue weighted by Gasteiger charge is 2.27. The van der Waals surface area contributed by atoms with Crippen LogP contribution in [0.2, 0.25) is 0 Å². The van der Waals surface area contributed by atoms with Crippen molar-refractivity contribution in [3.63, 3.8) is 0 Å². The van der Waals surface area contributed by atoms with Gasteiger partial charge in [0.1, 0.15) is 19.3 Å². The summed E-state index contributed by atoms with van der Waals surface area (Å²) in [6.45, 7) is 6.89. The Kier molecular flexibility index (Phi) is 56.6. The molecule has 0 aromatic rings. The van der Waals surface area contributed by atoms with Crippen LogP contribution in [0, 0.1) is 0 Å². The Morgan fingerprint density at radius 1 is 0.442 bits per heavy atom. The lowest BCUT2D eigenvalue weighted by atomic mass is 10.0. The number of likely N-dealkylation sites (N-methyl/N-ethyl adjacent to an activating group) is 1. The van der Waals surface area contributed by atoms with Crippen molar-refractivity contribution in [1.82, 2.24) is 5.32 Å². The first-order valence-electron chi connectivity index (χ1n) is 33.6. The van der Waals surface area contributed by atoms with Crippen molar-refractivity contribution in [3.8, 4) is 0 Å². The van der Waals surface area contributed by atoms with E-state index >= 15 is 0 Å². The number of amides is 1. The second-order valence-corrected chi connectivity index (χ2v) is 25.7. The van der Waals surface area contributed by atoms with Crippen molar-refractivity contribution in [2.24, 2.45) is 0 Å². The predicted octanol–water partition coefficient (Wildman–Crippen LogP) is 20.3. The summed E-state index contributed by atoms with van der Waals surface area (Å²) in [7, 11) is 1.20. The number of rotatable bonds is 62. The van der Waals surface area contributed by atoms with Crippen LogP contribution in [-0.2, 0) is 27.9 Å². The topological polar surface area (TPSA) is 114 Å². The van der Waals surface area contributed by atoms with Crippen molar-refractivity contribution in [2.75, 3.05) is 40.9 Å². The molecular formula is C67H131N2O7P. The number of unbranched alkanes of at least 4 members (excludes halogenated alkanes) is 44. The van der Waals surface area contributed by atoms with Crippen LogP contribution < -0.4 is 10.2 Å². The van der Waals surface area contributed by atoms with Gasteiger partial charge in [-0.3, -0.25) is 14.2 Å². The van der Waals surface area contributed by atoms with E-state index in [1.807, 2.05) is 33.3 Å². The monoisotopic (exact) mass is 1110 g/mol. The summed E-state index contributed by atoms with van der Waals surface area (Å²) in [6.07, 6.45) is 68.6. The molecule has 0 saturated heterocycles. The van der Waals surface area contributed by atoms with E-state index in [9.17, 15) is 19.0 Å². The average molecular weight is 1110 g/mol. The summed E-state index contributed by atoms with van der Waals surface area (Å²) in [5.41, 5.74) is 0. The normalized spacial score (nSPS) is 13.7. The number of carbonyl (C=O) groups excluding carboxylic acids is 2. The van der Waals surface area contributed by atoms with Gasteiger partial charge in [-0.25, -0.2) is 0 Å². The van der Waals surface area contributed by atoms with Crippen LogP contribution in [0.3, 0.4) is 0 Å². The maximum Gasteiger partial charge on any atom is 0.306 e. The Morgan fingerprint density at radius 2 is 0.753 bits per heavy atom. The predicted molar refractivity (Wildman–Crippen MR) is 330 cm³/mol. The Hall–Kier alpha value is -1.51. The third kappa shape index (κ3) is 58.9. The summed E-state index contributed by atoms with van der Waals surface area (Å²) in [5.74, 6) is -0.524. The van der Waals surface area contributed by atoms with Gasteiger partial charge in [0.05, 0.1) is 33.8 Å². The molecule has 10 heteroatoms. The quantitative estimate of drug-likeness (QED) is 0.0212. The second kappa shape index (κ2) is 57.7. The molecule has 77 heavy (non-hydrogen) atoms. The molecule has 0 aliphatic rings. The molecule has 456 valence electrons. The van der Waals surface area contributed by atoms with Crippen molar-refractivity contribution >= 4 is 19.7 Å². The van der Waals surface area contributed by atoms with Crippen molar-refractivity contribution in [3.05, 3.63) is 24.3 Å². The standard InChI is InChI=1S/C67H131N2O7P/c1-7-10-13-16-19-22-25-27-29-31-33-34-36-37-39-41-44-47-50-53-56-59-66(70)68-64(63-75-77(72,73)74-62-61-69(4,5)6)65(58-55-52-49-46-43-24-21-18-15-12-9-3)76-67(71)60-57-54-51-48-45-42-40-38-35-32-30-28-26-23-20-17-14-11-8-2/h28,30,55,58,64-65H,7-27,29,31-54,56-57,59-63H2,1-6H3,(H-,68,70,72,73)/b30-28+,58-55+. The number of nitrogens with one attached hydrogen (secondary N) is 1. The minimum atomic E-state index is -4.69. The lowest BCUT2D eigenvalue weighted by molar-refractivity contribution is -0.870. The summed E-state index contributed by atoms with van der Waals surface area (Å²) in [5, 5.41) is 3.04. The summed E-state index contributed by atoms with van der Waals surface area (Å²) in [4.78, 5) is 40.1. The van der Waals surface area contributed by atoms with Gasteiger partial charge in [0.15, 0.2) is 0 Å². The largest absolute Gasteiger partial charge is 0.756 e. The van der Waals surface area contributed by atoms with Gasteiger partial charge in [0.2, 0.25) is 5.91 Å². The third-order valence-corrected chi connectivity index (χ3v) is 16.3. The van der Waals surface area contributed by atoms with E-state index in [0.29, 0.717) is 17.4 Å². The first kappa shape index (κ1) is 75.5. The maximum atomic E-state index is 13.6. The molecule has 0 aliphatic carbocycles. The smallest absolute Gasteiger partial charge is 0.306 e. The number of nitrogens with zero attached hydrogens (tertiary/aromatic N) is 1. The number of hydrogen-bond acceptors (Lipinski definition) is 7. The molecule has 1 N–H and O–H groups in total. The Morgan fingerprint density at radius 3 is 1.10 bits per heavy atom.